The highest BCUT2D eigenvalue weighted by atomic mass is 35.5. The Balaban J connectivity index is 0.000000196. The highest BCUT2D eigenvalue weighted by Gasteiger charge is 2.44. The van der Waals surface area contributed by atoms with Crippen molar-refractivity contribution in [2.45, 2.75) is 49.9 Å². The van der Waals surface area contributed by atoms with Crippen LogP contribution in [0.15, 0.2) is 115 Å². The van der Waals surface area contributed by atoms with Crippen molar-refractivity contribution >= 4 is 47.0 Å². The number of amides is 2. The van der Waals surface area contributed by atoms with E-state index in [0.717, 1.165) is 27.8 Å². The summed E-state index contributed by atoms with van der Waals surface area (Å²) in [7, 11) is 6.07. The molecule has 66 heavy (non-hydrogen) atoms. The minimum Gasteiger partial charge on any atom is -0.496 e. The van der Waals surface area contributed by atoms with Gasteiger partial charge in [-0.3, -0.25) is 9.59 Å². The van der Waals surface area contributed by atoms with Crippen LogP contribution in [0.4, 0.5) is 0 Å². The van der Waals surface area contributed by atoms with Gasteiger partial charge in [-0.1, -0.05) is 83.9 Å². The number of carboxylic acid groups (broad SMARTS) is 2. The molecule has 4 heterocycles. The third kappa shape index (κ3) is 9.72. The van der Waals surface area contributed by atoms with Crippen LogP contribution in [0, 0.1) is 0 Å². The summed E-state index contributed by atoms with van der Waals surface area (Å²) in [5, 5.41) is 28.4. The molecule has 0 spiro atoms. The summed E-state index contributed by atoms with van der Waals surface area (Å²) in [6.07, 6.45) is 3.41. The zero-order valence-corrected chi connectivity index (χ0v) is 37.8. The lowest BCUT2D eigenvalue weighted by Gasteiger charge is -2.29. The van der Waals surface area contributed by atoms with Gasteiger partial charge in [0.1, 0.15) is 17.8 Å². The number of carbonyl (C=O) groups excluding carboxylic acids is 2. The van der Waals surface area contributed by atoms with Gasteiger partial charge in [-0.25, -0.2) is 14.6 Å². The molecule has 2 aliphatic rings. The van der Waals surface area contributed by atoms with Crippen molar-refractivity contribution < 1.29 is 48.3 Å². The van der Waals surface area contributed by atoms with Gasteiger partial charge >= 0.3 is 11.9 Å². The van der Waals surface area contributed by atoms with Crippen LogP contribution < -0.4 is 18.9 Å². The van der Waals surface area contributed by atoms with Gasteiger partial charge < -0.3 is 39.0 Å². The van der Waals surface area contributed by atoms with Crippen molar-refractivity contribution in [3.05, 3.63) is 148 Å². The topological polar surface area (TPSA) is 191 Å². The van der Waals surface area contributed by atoms with Gasteiger partial charge in [0.15, 0.2) is 0 Å². The Hall–Kier alpha value is -7.23. The van der Waals surface area contributed by atoms with E-state index >= 15 is 0 Å². The molecular weight excluding hydrogens is 889 g/mol. The molecule has 2 aromatic heterocycles. The van der Waals surface area contributed by atoms with Crippen LogP contribution >= 0.6 is 23.2 Å². The molecule has 0 aliphatic carbocycles. The number of benzene rings is 4. The van der Waals surface area contributed by atoms with Crippen LogP contribution in [0.25, 0.3) is 22.3 Å². The molecule has 0 saturated carbocycles. The molecule has 8 rings (SSSR count). The first-order valence-electron chi connectivity index (χ1n) is 20.7. The lowest BCUT2D eigenvalue weighted by Crippen LogP contribution is -2.41. The molecular formula is C49H45Cl2N5O10. The number of nitrogens with zero attached hydrogens (tertiary/aromatic N) is 5. The second-order valence-electron chi connectivity index (χ2n) is 15.3. The summed E-state index contributed by atoms with van der Waals surface area (Å²) in [5.74, 6) is -1.11. The first-order valence-corrected chi connectivity index (χ1v) is 21.5. The number of hydrogen-bond donors (Lipinski definition) is 2. The summed E-state index contributed by atoms with van der Waals surface area (Å²) in [4.78, 5) is 57.9. The van der Waals surface area contributed by atoms with Gasteiger partial charge in [-0.15, -0.1) is 10.2 Å². The summed E-state index contributed by atoms with van der Waals surface area (Å²) >= 11 is 12.7. The molecule has 2 N–H and O–H groups in total. The molecule has 15 nitrogen and oxygen atoms in total. The molecule has 0 radical (unpaired) electrons. The fraction of sp³-hybridized carbons (Fsp3) is 0.245. The van der Waals surface area contributed by atoms with Crippen LogP contribution in [-0.4, -0.2) is 99.5 Å². The van der Waals surface area contributed by atoms with Crippen molar-refractivity contribution in [2.24, 2.45) is 0 Å². The van der Waals surface area contributed by atoms with Crippen molar-refractivity contribution in [3.8, 4) is 45.6 Å². The maximum Gasteiger partial charge on any atom is 0.326 e. The van der Waals surface area contributed by atoms with E-state index in [-0.39, 0.29) is 11.8 Å². The van der Waals surface area contributed by atoms with Crippen molar-refractivity contribution in [3.63, 3.8) is 0 Å². The zero-order chi connectivity index (χ0) is 47.1. The third-order valence-electron chi connectivity index (χ3n) is 11.6. The predicted molar refractivity (Wildman–Crippen MR) is 245 cm³/mol. The van der Waals surface area contributed by atoms with Crippen LogP contribution in [0.3, 0.4) is 0 Å². The lowest BCUT2D eigenvalue weighted by atomic mass is 10.0. The fourth-order valence-electron chi connectivity index (χ4n) is 8.39. The zero-order valence-electron chi connectivity index (χ0n) is 36.3. The number of halogens is 2. The predicted octanol–water partition coefficient (Wildman–Crippen LogP) is 9.09. The van der Waals surface area contributed by atoms with Gasteiger partial charge in [-0.2, -0.15) is 0 Å². The molecule has 0 unspecified atom stereocenters. The monoisotopic (exact) mass is 933 g/mol. The van der Waals surface area contributed by atoms with Crippen molar-refractivity contribution in [1.29, 1.82) is 0 Å². The van der Waals surface area contributed by atoms with Crippen molar-refractivity contribution in [2.75, 3.05) is 28.4 Å². The molecule has 2 aliphatic heterocycles. The van der Waals surface area contributed by atoms with Gasteiger partial charge in [-0.05, 0) is 84.3 Å². The number of aromatic nitrogens is 3. The van der Waals surface area contributed by atoms with E-state index in [9.17, 15) is 29.4 Å². The Morgan fingerprint density at radius 3 is 1.45 bits per heavy atom. The molecule has 4 aromatic carbocycles. The summed E-state index contributed by atoms with van der Waals surface area (Å²) in [5.41, 5.74) is 5.21. The summed E-state index contributed by atoms with van der Waals surface area (Å²) in [6, 6.07) is 28.9. The van der Waals surface area contributed by atoms with Gasteiger partial charge in [0.05, 0.1) is 46.1 Å². The number of aliphatic carboxylic acids is 2. The second-order valence-corrected chi connectivity index (χ2v) is 16.1. The van der Waals surface area contributed by atoms with E-state index in [1.165, 1.54) is 31.1 Å². The Morgan fingerprint density at radius 1 is 0.561 bits per heavy atom. The molecule has 2 saturated heterocycles. The van der Waals surface area contributed by atoms with E-state index in [1.807, 2.05) is 30.3 Å². The van der Waals surface area contributed by atoms with Crippen LogP contribution in [0.5, 0.6) is 23.4 Å². The largest absolute Gasteiger partial charge is 0.496 e. The molecule has 340 valence electrons. The van der Waals surface area contributed by atoms with Crippen LogP contribution in [0.2, 0.25) is 10.0 Å². The summed E-state index contributed by atoms with van der Waals surface area (Å²) in [6.45, 7) is 0. The number of carboxylic acids is 2. The Kier molecular flexibility index (Phi) is 14.7. The molecule has 2 fully saturated rings. The highest BCUT2D eigenvalue weighted by molar-refractivity contribution is 6.31. The third-order valence-corrected chi connectivity index (χ3v) is 12.3. The second kappa shape index (κ2) is 20.7. The fourth-order valence-corrected chi connectivity index (χ4v) is 8.92. The average Bonchev–Trinajstić information content (AvgIpc) is 4.00. The number of ether oxygens (including phenoxy) is 4. The maximum absolute atomic E-state index is 13.5. The molecule has 2 amide bonds. The number of hydrogen-bond acceptors (Lipinski definition) is 11. The molecule has 17 heteroatoms. The minimum absolute atomic E-state index is 0.319. The minimum atomic E-state index is -1.03. The van der Waals surface area contributed by atoms with Crippen LogP contribution in [0.1, 0.15) is 69.6 Å². The standard InChI is InChI=1S/C25H23ClN2O5.C24H22ClN3O5/c1-32-22-13-23(33-2)27-14-18(22)15-7-9-16(10-8-15)24(29)28-20(11-12-21(28)25(30)31)17-5-3-4-6-19(17)26;1-32-21-13-17(22(33-2)27-26-21)14-7-9-15(10-8-14)23(29)28-19(11-12-20(28)24(30)31)16-5-3-4-6-18(16)25/h3-10,13-14,20-21H,11-12H2,1-2H3,(H,30,31);3-10,13,19-20H,11-12H2,1-2H3,(H,30,31)/t20-,21+;19-,20+/m11/s1. The van der Waals surface area contributed by atoms with E-state index in [2.05, 4.69) is 15.2 Å². The lowest BCUT2D eigenvalue weighted by molar-refractivity contribution is -0.142. The Morgan fingerprint density at radius 2 is 1.03 bits per heavy atom. The van der Waals surface area contributed by atoms with E-state index < -0.39 is 36.1 Å². The first-order chi connectivity index (χ1) is 31.9. The van der Waals surface area contributed by atoms with E-state index in [4.69, 9.17) is 42.1 Å². The van der Waals surface area contributed by atoms with E-state index in [0.29, 0.717) is 75.8 Å². The van der Waals surface area contributed by atoms with Crippen LogP contribution in [-0.2, 0) is 9.59 Å². The van der Waals surface area contributed by atoms with Crippen molar-refractivity contribution in [1.82, 2.24) is 25.0 Å². The quantitative estimate of drug-likeness (QED) is 0.118. The molecule has 0 bridgehead atoms. The number of likely N-dealkylation sites (tertiary alicyclic amines) is 2. The smallest absolute Gasteiger partial charge is 0.326 e. The SMILES string of the molecule is COc1cc(-c2ccc(C(=O)N3[C@@H](c4ccccc4Cl)CC[C@H]3C(=O)O)cc2)c(OC)nn1.COc1cc(OC)c(-c2ccc(C(=O)N3[C@@H](c4ccccc4Cl)CC[C@H]3C(=O)O)cc2)cn1. The van der Waals surface area contributed by atoms with Gasteiger partial charge in [0.2, 0.25) is 17.6 Å². The highest BCUT2D eigenvalue weighted by Crippen LogP contribution is 2.42. The average molecular weight is 935 g/mol. The summed E-state index contributed by atoms with van der Waals surface area (Å²) < 4.78 is 21.0. The normalized spacial score (nSPS) is 17.6. The van der Waals surface area contributed by atoms with Gasteiger partial charge in [0.25, 0.3) is 11.8 Å². The number of rotatable bonds is 12. The number of carbonyl (C=O) groups is 4. The number of pyridine rings is 1. The number of methoxy groups -OCH3 is 4. The maximum atomic E-state index is 13.5. The Labute approximate surface area is 390 Å². The molecule has 6 aromatic rings. The molecule has 4 atom stereocenters. The van der Waals surface area contributed by atoms with Gasteiger partial charge in [0, 0.05) is 45.1 Å². The van der Waals surface area contributed by atoms with E-state index in [1.54, 1.807) is 92.2 Å². The Bertz CT molecular complexity index is 2740. The first kappa shape index (κ1) is 46.8.